The number of imidazole rings is 1. The molecule has 1 aliphatic rings. The number of carbonyl (C=O) groups is 1. The van der Waals surface area contributed by atoms with E-state index in [0.717, 1.165) is 24.9 Å². The second-order valence-electron chi connectivity index (χ2n) is 5.99. The first kappa shape index (κ1) is 15.5. The smallest absolute Gasteiger partial charge is 0.243 e. The monoisotopic (exact) mass is 340 g/mol. The first-order valence-corrected chi connectivity index (χ1v) is 8.15. The van der Waals surface area contributed by atoms with Crippen LogP contribution in [-0.2, 0) is 11.3 Å². The Balaban J connectivity index is 1.50. The number of aromatic amines is 1. The highest BCUT2D eigenvalue weighted by molar-refractivity contribution is 5.90. The van der Waals surface area contributed by atoms with Gasteiger partial charge in [-0.25, -0.2) is 19.3 Å². The molecule has 3 heterocycles. The van der Waals surface area contributed by atoms with Crippen LogP contribution in [0.4, 0.5) is 10.2 Å². The number of carbonyl (C=O) groups excluding carboxylic acids is 1. The van der Waals surface area contributed by atoms with E-state index in [-0.39, 0.29) is 17.8 Å². The molecular weight excluding hydrogens is 323 g/mol. The Morgan fingerprint density at radius 2 is 2.12 bits per heavy atom. The Morgan fingerprint density at radius 1 is 1.28 bits per heavy atom. The fourth-order valence-corrected chi connectivity index (χ4v) is 3.16. The zero-order valence-corrected chi connectivity index (χ0v) is 13.4. The molecule has 0 unspecified atom stereocenters. The average molecular weight is 340 g/mol. The molecule has 1 aliphatic heterocycles. The highest BCUT2D eigenvalue weighted by Gasteiger charge is 2.33. The van der Waals surface area contributed by atoms with Crippen LogP contribution < -0.4 is 10.2 Å². The summed E-state index contributed by atoms with van der Waals surface area (Å²) in [5.41, 5.74) is 2.18. The van der Waals surface area contributed by atoms with Gasteiger partial charge in [-0.1, -0.05) is 12.1 Å². The van der Waals surface area contributed by atoms with Crippen LogP contribution in [0.15, 0.2) is 36.9 Å². The van der Waals surface area contributed by atoms with E-state index in [0.29, 0.717) is 23.5 Å². The van der Waals surface area contributed by atoms with Crippen molar-refractivity contribution in [1.29, 1.82) is 0 Å². The normalized spacial score (nSPS) is 17.2. The number of nitrogens with one attached hydrogen (secondary N) is 2. The van der Waals surface area contributed by atoms with Crippen molar-refractivity contribution in [3.8, 4) is 0 Å². The summed E-state index contributed by atoms with van der Waals surface area (Å²) in [5.74, 6) is 0.318. The minimum atomic E-state index is -0.296. The van der Waals surface area contributed by atoms with Crippen molar-refractivity contribution in [2.75, 3.05) is 11.4 Å². The van der Waals surface area contributed by atoms with E-state index >= 15 is 0 Å². The van der Waals surface area contributed by atoms with Crippen LogP contribution in [0.2, 0.25) is 0 Å². The van der Waals surface area contributed by atoms with Crippen molar-refractivity contribution < 1.29 is 9.18 Å². The molecule has 1 amide bonds. The molecule has 4 rings (SSSR count). The standard InChI is InChI=1S/C17H17FN6O/c18-12-5-3-11(4-6-12)8-19-17(25)13-2-1-7-24(13)16-14-15(21-9-20-14)22-10-23-16/h3-6,9-10,13H,1-2,7-8H2,(H,19,25)(H,20,21,22,23)/t13-/m1/s1. The van der Waals surface area contributed by atoms with E-state index in [9.17, 15) is 9.18 Å². The van der Waals surface area contributed by atoms with Gasteiger partial charge < -0.3 is 15.2 Å². The summed E-state index contributed by atoms with van der Waals surface area (Å²) in [5, 5.41) is 2.93. The van der Waals surface area contributed by atoms with Crippen molar-refractivity contribution in [1.82, 2.24) is 25.3 Å². The van der Waals surface area contributed by atoms with E-state index in [4.69, 9.17) is 0 Å². The first-order chi connectivity index (χ1) is 12.2. The molecule has 1 aromatic carbocycles. The van der Waals surface area contributed by atoms with Crippen LogP contribution in [-0.4, -0.2) is 38.4 Å². The molecule has 25 heavy (non-hydrogen) atoms. The molecular formula is C17H17FN6O. The molecule has 7 nitrogen and oxygen atoms in total. The highest BCUT2D eigenvalue weighted by Crippen LogP contribution is 2.28. The van der Waals surface area contributed by atoms with Gasteiger partial charge in [0.15, 0.2) is 11.5 Å². The number of fused-ring (bicyclic) bond motifs is 1. The van der Waals surface area contributed by atoms with Crippen molar-refractivity contribution in [2.45, 2.75) is 25.4 Å². The largest absolute Gasteiger partial charge is 0.350 e. The predicted octanol–water partition coefficient (Wildman–Crippen LogP) is 1.78. The third-order valence-electron chi connectivity index (χ3n) is 4.41. The van der Waals surface area contributed by atoms with Gasteiger partial charge in [0.05, 0.1) is 6.33 Å². The van der Waals surface area contributed by atoms with Crippen LogP contribution in [0.5, 0.6) is 0 Å². The fourth-order valence-electron chi connectivity index (χ4n) is 3.16. The van der Waals surface area contributed by atoms with Gasteiger partial charge in [0.25, 0.3) is 0 Å². The van der Waals surface area contributed by atoms with Crippen LogP contribution in [0, 0.1) is 5.82 Å². The maximum Gasteiger partial charge on any atom is 0.243 e. The quantitative estimate of drug-likeness (QED) is 0.756. The number of rotatable bonds is 4. The van der Waals surface area contributed by atoms with Crippen LogP contribution in [0.1, 0.15) is 18.4 Å². The molecule has 0 bridgehead atoms. The zero-order chi connectivity index (χ0) is 17.2. The molecule has 0 radical (unpaired) electrons. The van der Waals surface area contributed by atoms with Gasteiger partial charge >= 0.3 is 0 Å². The SMILES string of the molecule is O=C(NCc1ccc(F)cc1)[C@H]1CCCN1c1ncnc2[nH]cnc12. The molecule has 1 atom stereocenters. The highest BCUT2D eigenvalue weighted by atomic mass is 19.1. The van der Waals surface area contributed by atoms with Crippen LogP contribution >= 0.6 is 0 Å². The number of hydrogen-bond donors (Lipinski definition) is 2. The lowest BCUT2D eigenvalue weighted by atomic mass is 10.2. The molecule has 0 spiro atoms. The molecule has 0 aliphatic carbocycles. The van der Waals surface area contributed by atoms with Gasteiger partial charge in [-0.15, -0.1) is 0 Å². The summed E-state index contributed by atoms with van der Waals surface area (Å²) in [6.45, 7) is 1.11. The molecule has 8 heteroatoms. The molecule has 1 fully saturated rings. The maximum absolute atomic E-state index is 13.0. The van der Waals surface area contributed by atoms with Gasteiger partial charge in [-0.05, 0) is 30.5 Å². The van der Waals surface area contributed by atoms with Gasteiger partial charge in [-0.2, -0.15) is 0 Å². The number of halogens is 1. The van der Waals surface area contributed by atoms with E-state index in [1.54, 1.807) is 18.5 Å². The average Bonchev–Trinajstić information content (AvgIpc) is 3.29. The number of anilines is 1. The first-order valence-electron chi connectivity index (χ1n) is 8.15. The number of benzene rings is 1. The topological polar surface area (TPSA) is 86.8 Å². The number of amides is 1. The number of hydrogen-bond acceptors (Lipinski definition) is 5. The van der Waals surface area contributed by atoms with Crippen LogP contribution in [0.3, 0.4) is 0 Å². The minimum absolute atomic E-state index is 0.0656. The molecule has 3 aromatic rings. The van der Waals surface area contributed by atoms with Crippen LogP contribution in [0.25, 0.3) is 11.2 Å². The zero-order valence-electron chi connectivity index (χ0n) is 13.4. The summed E-state index contributed by atoms with van der Waals surface area (Å²) in [6.07, 6.45) is 4.71. The number of aromatic nitrogens is 4. The van der Waals surface area contributed by atoms with E-state index in [1.807, 2.05) is 4.90 Å². The van der Waals surface area contributed by atoms with Gasteiger partial charge in [-0.3, -0.25) is 4.79 Å². The Morgan fingerprint density at radius 3 is 2.96 bits per heavy atom. The van der Waals surface area contributed by atoms with E-state index < -0.39 is 0 Å². The third-order valence-corrected chi connectivity index (χ3v) is 4.41. The molecule has 0 saturated carbocycles. The predicted molar refractivity (Wildman–Crippen MR) is 90.3 cm³/mol. The summed E-state index contributed by atoms with van der Waals surface area (Å²) in [7, 11) is 0. The van der Waals surface area contributed by atoms with E-state index in [1.165, 1.54) is 18.5 Å². The summed E-state index contributed by atoms with van der Waals surface area (Å²) in [4.78, 5) is 30.3. The lowest BCUT2D eigenvalue weighted by molar-refractivity contribution is -0.122. The molecule has 2 aromatic heterocycles. The Labute approximate surface area is 143 Å². The Bertz CT molecular complexity index is 894. The van der Waals surface area contributed by atoms with Gasteiger partial charge in [0.2, 0.25) is 5.91 Å². The molecule has 2 N–H and O–H groups in total. The fraction of sp³-hybridized carbons (Fsp3) is 0.294. The van der Waals surface area contributed by atoms with Gasteiger partial charge in [0.1, 0.15) is 23.7 Å². The van der Waals surface area contributed by atoms with Gasteiger partial charge in [0, 0.05) is 13.1 Å². The third kappa shape index (κ3) is 3.02. The Kier molecular flexibility index (Phi) is 4.01. The maximum atomic E-state index is 13.0. The van der Waals surface area contributed by atoms with Crippen molar-refractivity contribution in [2.24, 2.45) is 0 Å². The molecule has 1 saturated heterocycles. The lowest BCUT2D eigenvalue weighted by Crippen LogP contribution is -2.43. The Hall–Kier alpha value is -3.03. The number of nitrogens with zero attached hydrogens (tertiary/aromatic N) is 4. The molecule has 128 valence electrons. The second-order valence-corrected chi connectivity index (χ2v) is 5.99. The summed E-state index contributed by atoms with van der Waals surface area (Å²) in [6, 6.07) is 5.81. The van der Waals surface area contributed by atoms with Crippen molar-refractivity contribution >= 4 is 22.9 Å². The number of H-pyrrole nitrogens is 1. The van der Waals surface area contributed by atoms with Crippen molar-refractivity contribution in [3.05, 3.63) is 48.3 Å². The minimum Gasteiger partial charge on any atom is -0.350 e. The van der Waals surface area contributed by atoms with E-state index in [2.05, 4.69) is 25.3 Å². The van der Waals surface area contributed by atoms with Crippen molar-refractivity contribution in [3.63, 3.8) is 0 Å². The lowest BCUT2D eigenvalue weighted by Gasteiger charge is -2.24. The second kappa shape index (κ2) is 6.46. The summed E-state index contributed by atoms with van der Waals surface area (Å²) >= 11 is 0. The summed E-state index contributed by atoms with van der Waals surface area (Å²) < 4.78 is 13.0.